The molecule has 0 aliphatic carbocycles. The molecular formula is C21H21N7O2. The van der Waals surface area contributed by atoms with E-state index in [9.17, 15) is 0 Å². The second-order valence-corrected chi connectivity index (χ2v) is 7.11. The van der Waals surface area contributed by atoms with E-state index in [0.29, 0.717) is 24.0 Å². The van der Waals surface area contributed by atoms with Gasteiger partial charge in [0.15, 0.2) is 5.84 Å². The molecular weight excluding hydrogens is 382 g/mol. The molecule has 1 aromatic carbocycles. The third-order valence-electron chi connectivity index (χ3n) is 5.09. The van der Waals surface area contributed by atoms with Crippen LogP contribution in [-0.2, 0) is 11.9 Å². The molecule has 30 heavy (non-hydrogen) atoms. The molecule has 5 rings (SSSR count). The van der Waals surface area contributed by atoms with Crippen molar-refractivity contribution in [1.82, 2.24) is 29.6 Å². The summed E-state index contributed by atoms with van der Waals surface area (Å²) in [4.78, 5) is 14.4. The number of methoxy groups -OCH3 is 1. The summed E-state index contributed by atoms with van der Waals surface area (Å²) in [7, 11) is 3.53. The number of fused-ring (bicyclic) bond motifs is 1. The predicted molar refractivity (Wildman–Crippen MR) is 112 cm³/mol. The van der Waals surface area contributed by atoms with E-state index in [-0.39, 0.29) is 6.04 Å². The maximum absolute atomic E-state index is 5.53. The van der Waals surface area contributed by atoms with E-state index in [0.717, 1.165) is 28.0 Å². The minimum atomic E-state index is -0.146. The van der Waals surface area contributed by atoms with E-state index in [1.165, 1.54) is 0 Å². The zero-order valence-corrected chi connectivity index (χ0v) is 16.9. The number of aromatic nitrogens is 5. The summed E-state index contributed by atoms with van der Waals surface area (Å²) in [5.41, 5.74) is 4.32. The molecule has 0 fully saturated rings. The topological polar surface area (TPSA) is 91.4 Å². The van der Waals surface area contributed by atoms with Gasteiger partial charge in [0, 0.05) is 18.6 Å². The lowest BCUT2D eigenvalue weighted by Crippen LogP contribution is -2.36. The van der Waals surface area contributed by atoms with Crippen LogP contribution in [0.15, 0.2) is 54.1 Å². The Balaban J connectivity index is 1.47. The Morgan fingerprint density at radius 3 is 2.87 bits per heavy atom. The van der Waals surface area contributed by atoms with Gasteiger partial charge in [0.05, 0.1) is 30.3 Å². The number of oxime groups is 1. The molecule has 152 valence electrons. The van der Waals surface area contributed by atoms with Gasteiger partial charge in [0.25, 0.3) is 0 Å². The van der Waals surface area contributed by atoms with Crippen molar-refractivity contribution in [2.45, 2.75) is 13.0 Å². The molecule has 1 atom stereocenters. The van der Waals surface area contributed by atoms with Gasteiger partial charge in [0.1, 0.15) is 24.0 Å². The monoisotopic (exact) mass is 403 g/mol. The number of amidine groups is 1. The van der Waals surface area contributed by atoms with Crippen LogP contribution in [-0.4, -0.2) is 43.9 Å². The van der Waals surface area contributed by atoms with E-state index < -0.39 is 0 Å². The van der Waals surface area contributed by atoms with Crippen LogP contribution < -0.4 is 10.1 Å². The van der Waals surface area contributed by atoms with Crippen LogP contribution in [0, 0.1) is 6.92 Å². The molecule has 1 unspecified atom stereocenters. The predicted octanol–water partition coefficient (Wildman–Crippen LogP) is 2.49. The summed E-state index contributed by atoms with van der Waals surface area (Å²) in [6.07, 6.45) is 3.65. The minimum absolute atomic E-state index is 0.146. The Morgan fingerprint density at radius 2 is 2.07 bits per heavy atom. The van der Waals surface area contributed by atoms with Gasteiger partial charge in [-0.25, -0.2) is 9.97 Å². The van der Waals surface area contributed by atoms with Crippen LogP contribution >= 0.6 is 0 Å². The second-order valence-electron chi connectivity index (χ2n) is 7.11. The van der Waals surface area contributed by atoms with Gasteiger partial charge in [-0.1, -0.05) is 23.4 Å². The standard InChI is InChI=1S/C21H21N7O2/c1-13-10-28(12-22-13)18-9-8-15(24-21(18)29-3)20-23-16(11-30-26-20)19-14-6-4-5-7-17(14)27(2)25-19/h4-10,12,16H,11H2,1-3H3,(H,23,26). The van der Waals surface area contributed by atoms with Crippen LogP contribution in [0.1, 0.15) is 23.1 Å². The highest BCUT2D eigenvalue weighted by atomic mass is 16.6. The van der Waals surface area contributed by atoms with Crippen molar-refractivity contribution in [1.29, 1.82) is 0 Å². The average Bonchev–Trinajstić information content (AvgIpc) is 3.37. The zero-order valence-electron chi connectivity index (χ0n) is 16.9. The zero-order chi connectivity index (χ0) is 20.7. The summed E-state index contributed by atoms with van der Waals surface area (Å²) in [6, 6.07) is 11.8. The summed E-state index contributed by atoms with van der Waals surface area (Å²) in [5.74, 6) is 1.01. The number of imidazole rings is 1. The van der Waals surface area contributed by atoms with E-state index >= 15 is 0 Å². The van der Waals surface area contributed by atoms with Crippen LogP contribution in [0.4, 0.5) is 0 Å². The Bertz CT molecular complexity index is 1260. The average molecular weight is 403 g/mol. The highest BCUT2D eigenvalue weighted by Crippen LogP contribution is 2.26. The first-order valence-corrected chi connectivity index (χ1v) is 9.58. The third kappa shape index (κ3) is 3.04. The summed E-state index contributed by atoms with van der Waals surface area (Å²) in [6.45, 7) is 2.32. The van der Waals surface area contributed by atoms with Crippen molar-refractivity contribution in [2.75, 3.05) is 13.7 Å². The number of para-hydroxylation sites is 1. The number of ether oxygens (including phenoxy) is 1. The molecule has 1 aliphatic heterocycles. The maximum atomic E-state index is 5.53. The molecule has 1 N–H and O–H groups in total. The van der Waals surface area contributed by atoms with Crippen LogP contribution in [0.25, 0.3) is 16.6 Å². The van der Waals surface area contributed by atoms with Gasteiger partial charge >= 0.3 is 0 Å². The fraction of sp³-hybridized carbons (Fsp3) is 0.238. The smallest absolute Gasteiger partial charge is 0.238 e. The first-order chi connectivity index (χ1) is 14.6. The van der Waals surface area contributed by atoms with Crippen molar-refractivity contribution in [2.24, 2.45) is 12.2 Å². The molecule has 9 heteroatoms. The lowest BCUT2D eigenvalue weighted by Gasteiger charge is -2.23. The molecule has 3 aromatic heterocycles. The van der Waals surface area contributed by atoms with Crippen molar-refractivity contribution >= 4 is 16.7 Å². The van der Waals surface area contributed by atoms with Crippen molar-refractivity contribution in [3.8, 4) is 11.6 Å². The maximum Gasteiger partial charge on any atom is 0.238 e. The fourth-order valence-corrected chi connectivity index (χ4v) is 3.64. The molecule has 4 heterocycles. The molecule has 0 saturated heterocycles. The van der Waals surface area contributed by atoms with Gasteiger partial charge in [0.2, 0.25) is 5.88 Å². The van der Waals surface area contributed by atoms with Crippen molar-refractivity contribution < 1.29 is 9.57 Å². The second kappa shape index (κ2) is 7.18. The number of rotatable bonds is 4. The lowest BCUT2D eigenvalue weighted by molar-refractivity contribution is 0.108. The number of nitrogens with one attached hydrogen (secondary N) is 1. The molecule has 0 spiro atoms. The van der Waals surface area contributed by atoms with Crippen LogP contribution in [0.2, 0.25) is 0 Å². The normalized spacial score (nSPS) is 16.1. The van der Waals surface area contributed by atoms with Crippen LogP contribution in [0.3, 0.4) is 0 Å². The van der Waals surface area contributed by atoms with Gasteiger partial charge < -0.3 is 19.5 Å². The highest BCUT2D eigenvalue weighted by molar-refractivity contribution is 5.98. The Kier molecular flexibility index (Phi) is 4.35. The largest absolute Gasteiger partial charge is 0.479 e. The Labute approximate surface area is 173 Å². The Hall–Kier alpha value is -3.88. The van der Waals surface area contributed by atoms with E-state index in [4.69, 9.17) is 14.7 Å². The van der Waals surface area contributed by atoms with E-state index in [1.807, 2.05) is 59.7 Å². The first-order valence-electron chi connectivity index (χ1n) is 9.58. The van der Waals surface area contributed by atoms with Gasteiger partial charge in [-0.05, 0) is 25.1 Å². The fourth-order valence-electron chi connectivity index (χ4n) is 3.64. The number of benzene rings is 1. The molecule has 0 bridgehead atoms. The molecule has 9 nitrogen and oxygen atoms in total. The van der Waals surface area contributed by atoms with Crippen LogP contribution in [0.5, 0.6) is 5.88 Å². The SMILES string of the molecule is COc1nc(C2=NOCC(c3nn(C)c4ccccc34)N2)ccc1-n1cnc(C)c1. The third-order valence-corrected chi connectivity index (χ3v) is 5.09. The number of nitrogens with zero attached hydrogens (tertiary/aromatic N) is 6. The molecule has 1 aliphatic rings. The van der Waals surface area contributed by atoms with E-state index in [2.05, 4.69) is 26.5 Å². The molecule has 4 aromatic rings. The van der Waals surface area contributed by atoms with Crippen molar-refractivity contribution in [3.63, 3.8) is 0 Å². The number of hydrogen-bond acceptors (Lipinski definition) is 7. The lowest BCUT2D eigenvalue weighted by atomic mass is 10.1. The summed E-state index contributed by atoms with van der Waals surface area (Å²) in [5, 5.41) is 13.4. The van der Waals surface area contributed by atoms with Crippen molar-refractivity contribution in [3.05, 3.63) is 66.0 Å². The quantitative estimate of drug-likeness (QED) is 0.563. The summed E-state index contributed by atoms with van der Waals surface area (Å²) >= 11 is 0. The van der Waals surface area contributed by atoms with Gasteiger partial charge in [-0.15, -0.1) is 0 Å². The number of pyridine rings is 1. The number of hydrogen-bond donors (Lipinski definition) is 1. The minimum Gasteiger partial charge on any atom is -0.479 e. The molecule has 0 saturated carbocycles. The molecule has 0 amide bonds. The molecule has 0 radical (unpaired) electrons. The Morgan fingerprint density at radius 1 is 1.20 bits per heavy atom. The van der Waals surface area contributed by atoms with E-state index in [1.54, 1.807) is 13.4 Å². The van der Waals surface area contributed by atoms with Gasteiger partial charge in [-0.3, -0.25) is 4.68 Å². The van der Waals surface area contributed by atoms with Gasteiger partial charge in [-0.2, -0.15) is 5.10 Å². The number of aryl methyl sites for hydroxylation is 2. The first kappa shape index (κ1) is 18.2. The summed E-state index contributed by atoms with van der Waals surface area (Å²) < 4.78 is 9.27. The highest BCUT2D eigenvalue weighted by Gasteiger charge is 2.26.